The number of carboxylic acid groups (broad SMARTS) is 1. The van der Waals surface area contributed by atoms with Crippen molar-refractivity contribution in [1.82, 2.24) is 0 Å². The molecule has 0 saturated carbocycles. The summed E-state index contributed by atoms with van der Waals surface area (Å²) in [7, 11) is 0. The zero-order chi connectivity index (χ0) is 14.0. The Labute approximate surface area is 116 Å². The molecule has 98 valence electrons. The Morgan fingerprint density at radius 1 is 1.67 bits per heavy atom. The number of hydrogen-bond donors (Lipinski definition) is 0. The van der Waals surface area contributed by atoms with Gasteiger partial charge < -0.3 is 9.90 Å². The van der Waals surface area contributed by atoms with Crippen LogP contribution in [0.3, 0.4) is 0 Å². The number of carboxylic acids is 1. The second-order valence-corrected chi connectivity index (χ2v) is 5.62. The fourth-order valence-electron chi connectivity index (χ4n) is 1.72. The number of allylic oxidation sites excluding steroid dienone is 4. The molecular weight excluding hydrogens is 357 g/mol. The van der Waals surface area contributed by atoms with Gasteiger partial charge in [0.2, 0.25) is 0 Å². The van der Waals surface area contributed by atoms with Crippen molar-refractivity contribution in [3.63, 3.8) is 0 Å². The van der Waals surface area contributed by atoms with Crippen LogP contribution in [0.1, 0.15) is 13.3 Å². The summed E-state index contributed by atoms with van der Waals surface area (Å²) in [5, 5.41) is 11.0. The van der Waals surface area contributed by atoms with E-state index >= 15 is 0 Å². The predicted octanol–water partition coefficient (Wildman–Crippen LogP) is 1.46. The topological polar surface area (TPSA) is 57.2 Å². The summed E-state index contributed by atoms with van der Waals surface area (Å²) in [6.45, 7) is 1.77. The van der Waals surface area contributed by atoms with Crippen LogP contribution >= 0.6 is 22.6 Å². The number of rotatable bonds is 3. The van der Waals surface area contributed by atoms with E-state index in [4.69, 9.17) is 0 Å². The van der Waals surface area contributed by atoms with Crippen LogP contribution in [-0.2, 0) is 9.59 Å². The van der Waals surface area contributed by atoms with Gasteiger partial charge in [-0.3, -0.25) is 0 Å². The Bertz CT molecular complexity index is 464. The van der Waals surface area contributed by atoms with Gasteiger partial charge in [-0.25, -0.2) is 4.79 Å². The summed E-state index contributed by atoms with van der Waals surface area (Å²) in [4.78, 5) is 21.8. The molecule has 0 aromatic carbocycles. The molecule has 0 bridgehead atoms. The van der Waals surface area contributed by atoms with Crippen molar-refractivity contribution >= 4 is 34.5 Å². The van der Waals surface area contributed by atoms with Gasteiger partial charge in [0.25, 0.3) is 5.92 Å². The molecule has 0 N–H and O–H groups in total. The smallest absolute Gasteiger partial charge is 0.299 e. The van der Waals surface area contributed by atoms with Gasteiger partial charge >= 0.3 is 0 Å². The first kappa shape index (κ1) is 15.0. The largest absolute Gasteiger partial charge is 0.549 e. The molecule has 0 saturated heterocycles. The molecule has 2 atom stereocenters. The van der Waals surface area contributed by atoms with Gasteiger partial charge in [0.15, 0.2) is 0 Å². The van der Waals surface area contributed by atoms with Crippen LogP contribution in [0.2, 0.25) is 0 Å². The van der Waals surface area contributed by atoms with Gasteiger partial charge in [-0.2, -0.15) is 8.78 Å². The summed E-state index contributed by atoms with van der Waals surface area (Å²) < 4.78 is 25.5. The van der Waals surface area contributed by atoms with Crippen LogP contribution in [0.25, 0.3) is 0 Å². The van der Waals surface area contributed by atoms with Crippen LogP contribution in [0.5, 0.6) is 0 Å². The lowest BCUT2D eigenvalue weighted by Gasteiger charge is -2.38. The second kappa shape index (κ2) is 5.32. The van der Waals surface area contributed by atoms with E-state index in [9.17, 15) is 23.5 Å². The van der Waals surface area contributed by atoms with E-state index in [1.807, 2.05) is 0 Å². The average Bonchev–Trinajstić information content (AvgIpc) is 2.25. The molecule has 1 rings (SSSR count). The first-order chi connectivity index (χ1) is 8.29. The van der Waals surface area contributed by atoms with E-state index < -0.39 is 26.8 Å². The molecule has 0 aromatic rings. The molecule has 0 radical (unpaired) electrons. The highest BCUT2D eigenvalue weighted by molar-refractivity contribution is 14.1. The molecule has 3 nitrogen and oxygen atoms in total. The lowest BCUT2D eigenvalue weighted by atomic mass is 9.78. The molecule has 0 fully saturated rings. The van der Waals surface area contributed by atoms with Gasteiger partial charge in [0.05, 0.1) is 9.39 Å². The zero-order valence-electron chi connectivity index (χ0n) is 9.45. The van der Waals surface area contributed by atoms with Gasteiger partial charge in [-0.1, -0.05) is 47.7 Å². The van der Waals surface area contributed by atoms with Crippen LogP contribution in [-0.4, -0.2) is 21.3 Å². The molecule has 6 heteroatoms. The fraction of sp³-hybridized carbons (Fsp3) is 0.417. The van der Waals surface area contributed by atoms with Crippen molar-refractivity contribution in [2.75, 3.05) is 0 Å². The maximum absolute atomic E-state index is 13.6. The zero-order valence-corrected chi connectivity index (χ0v) is 11.6. The molecule has 0 aromatic heterocycles. The number of hydrogen-bond acceptors (Lipinski definition) is 3. The van der Waals surface area contributed by atoms with E-state index in [1.165, 1.54) is 40.7 Å². The van der Waals surface area contributed by atoms with Crippen molar-refractivity contribution in [2.24, 2.45) is 5.92 Å². The number of carbonyl (C=O) groups is 1. The minimum Gasteiger partial charge on any atom is -0.549 e. The monoisotopic (exact) mass is 367 g/mol. The minimum atomic E-state index is -3.49. The fourth-order valence-corrected chi connectivity index (χ4v) is 2.91. The van der Waals surface area contributed by atoms with Crippen molar-refractivity contribution in [3.05, 3.63) is 29.9 Å². The lowest BCUT2D eigenvalue weighted by Crippen LogP contribution is -2.49. The Hall–Kier alpha value is -1.01. The molecule has 1 aliphatic rings. The standard InChI is InChI=1S/C12H11F2IO3/c1-2-3-5-11(15)8(10(17)18)4-6-12(13,14)9(11)7-16/h3-6,8H,2H2,1H3,(H,17,18)/p-1. The van der Waals surface area contributed by atoms with Gasteiger partial charge in [0, 0.05) is 5.92 Å². The molecule has 18 heavy (non-hydrogen) atoms. The van der Waals surface area contributed by atoms with Crippen LogP contribution in [0.4, 0.5) is 8.78 Å². The Kier molecular flexibility index (Phi) is 4.45. The average molecular weight is 367 g/mol. The van der Waals surface area contributed by atoms with Crippen LogP contribution in [0.15, 0.2) is 29.9 Å². The van der Waals surface area contributed by atoms with Crippen molar-refractivity contribution in [2.45, 2.75) is 22.7 Å². The van der Waals surface area contributed by atoms with E-state index in [2.05, 4.69) is 0 Å². The Morgan fingerprint density at radius 3 is 2.72 bits per heavy atom. The van der Waals surface area contributed by atoms with Crippen LogP contribution in [0, 0.1) is 5.92 Å². The molecule has 0 spiro atoms. The minimum absolute atomic E-state index is 0.407. The highest BCUT2D eigenvalue weighted by Gasteiger charge is 2.52. The Morgan fingerprint density at radius 2 is 2.28 bits per heavy atom. The third-order valence-electron chi connectivity index (χ3n) is 2.62. The Balaban J connectivity index is 3.46. The molecule has 0 amide bonds. The maximum atomic E-state index is 13.6. The molecule has 0 heterocycles. The number of halogens is 3. The third-order valence-corrected chi connectivity index (χ3v) is 4.19. The van der Waals surface area contributed by atoms with E-state index in [0.717, 1.165) is 6.08 Å². The first-order valence-corrected chi connectivity index (χ1v) is 6.28. The van der Waals surface area contributed by atoms with Crippen LogP contribution < -0.4 is 5.11 Å². The summed E-state index contributed by atoms with van der Waals surface area (Å²) in [6, 6.07) is 0. The third kappa shape index (κ3) is 2.54. The molecule has 2 unspecified atom stereocenters. The number of carbonyl (C=O) groups excluding carboxylic acids is 2. The highest BCUT2D eigenvalue weighted by Crippen LogP contribution is 2.48. The predicted molar refractivity (Wildman–Crippen MR) is 68.0 cm³/mol. The SMILES string of the molecule is CCC=CC1(I)C(=C=O)C(F)(F)C=CC1C(=O)[O-]. The maximum Gasteiger partial charge on any atom is 0.299 e. The van der Waals surface area contributed by atoms with Gasteiger partial charge in [0.1, 0.15) is 11.5 Å². The summed E-state index contributed by atoms with van der Waals surface area (Å²) in [6.07, 6.45) is 4.64. The molecule has 1 aliphatic carbocycles. The number of alkyl halides is 3. The molecular formula is C12H10F2IO3-. The first-order valence-electron chi connectivity index (χ1n) is 5.20. The summed E-state index contributed by atoms with van der Waals surface area (Å²) in [5.41, 5.74) is -0.892. The van der Waals surface area contributed by atoms with E-state index in [0.29, 0.717) is 12.5 Å². The highest BCUT2D eigenvalue weighted by atomic mass is 127. The quantitative estimate of drug-likeness (QED) is 0.329. The number of aliphatic carboxylic acids is 1. The summed E-state index contributed by atoms with van der Waals surface area (Å²) in [5.74, 6) is -5.13. The van der Waals surface area contributed by atoms with E-state index in [1.54, 1.807) is 6.92 Å². The normalized spacial score (nSPS) is 30.4. The van der Waals surface area contributed by atoms with E-state index in [-0.39, 0.29) is 0 Å². The van der Waals surface area contributed by atoms with Gasteiger partial charge in [-0.15, -0.1) is 0 Å². The van der Waals surface area contributed by atoms with Crippen molar-refractivity contribution in [1.29, 1.82) is 0 Å². The summed E-state index contributed by atoms with van der Waals surface area (Å²) >= 11 is 1.54. The molecule has 0 aliphatic heterocycles. The lowest BCUT2D eigenvalue weighted by molar-refractivity contribution is -0.310. The second-order valence-electron chi connectivity index (χ2n) is 3.83. The van der Waals surface area contributed by atoms with Crippen molar-refractivity contribution < 1.29 is 23.5 Å². The van der Waals surface area contributed by atoms with Gasteiger partial charge in [-0.05, 0) is 12.5 Å². The van der Waals surface area contributed by atoms with Crippen molar-refractivity contribution in [3.8, 4) is 0 Å².